The Morgan fingerprint density at radius 1 is 0.266 bits per heavy atom. The summed E-state index contributed by atoms with van der Waals surface area (Å²) in [5.41, 5.74) is 0. The van der Waals surface area contributed by atoms with E-state index in [-0.39, 0.29) is 19.3 Å². The molecule has 0 aliphatic carbocycles. The molecule has 0 amide bonds. The van der Waals surface area contributed by atoms with Gasteiger partial charge in [0.15, 0.2) is 6.10 Å². The highest BCUT2D eigenvalue weighted by Gasteiger charge is 2.29. The Kier molecular flexibility index (Phi) is 79.8. The number of hydrogen-bond acceptors (Lipinski definition) is 14. The van der Waals surface area contributed by atoms with Gasteiger partial charge in [-0.1, -0.05) is 341 Å². The second-order valence-corrected chi connectivity index (χ2v) is 31.9. The van der Waals surface area contributed by atoms with Gasteiger partial charge >= 0.3 is 33.6 Å². The summed E-state index contributed by atoms with van der Waals surface area (Å²) in [4.78, 5) is 58.8. The minimum Gasteiger partial charge on any atom is -0.463 e. The minimum absolute atomic E-state index is 0.0865. The molecule has 0 saturated carbocycles. The van der Waals surface area contributed by atoms with Crippen LogP contribution in [0.1, 0.15) is 367 Å². The third kappa shape index (κ3) is 84.4. The Morgan fingerprint density at radius 2 is 0.486 bits per heavy atom. The van der Waals surface area contributed by atoms with E-state index in [1.165, 1.54) is 161 Å². The molecule has 18 heteroatoms. The van der Waals surface area contributed by atoms with Gasteiger partial charge in [-0.25, -0.2) is 9.13 Å². The van der Waals surface area contributed by atoms with Gasteiger partial charge in [0.25, 0.3) is 0 Å². The number of rotatable bonds is 82. The van der Waals surface area contributed by atoms with Crippen LogP contribution in [-0.2, 0) is 55.8 Å². The largest absolute Gasteiger partial charge is 0.472 e. The fourth-order valence-corrected chi connectivity index (χ4v) is 13.3. The minimum atomic E-state index is -4.94. The average Bonchev–Trinajstić information content (AvgIpc) is 0.904. The van der Waals surface area contributed by atoms with E-state index in [1.807, 2.05) is 0 Å². The van der Waals surface area contributed by atoms with E-state index in [4.69, 9.17) is 32.3 Å². The molecule has 16 nitrogen and oxygen atoms in total. The second kappa shape index (κ2) is 83.1. The normalized spacial score (nSPS) is 14.5. The van der Waals surface area contributed by atoms with E-state index in [0.717, 1.165) is 148 Å². The van der Waals surface area contributed by atoms with Crippen LogP contribution in [-0.4, -0.2) is 95.9 Å². The van der Waals surface area contributed by atoms with Crippen molar-refractivity contribution in [3.05, 3.63) is 134 Å². The third-order valence-corrected chi connectivity index (χ3v) is 20.2. The number of unbranched alkanes of at least 4 members (excludes halogenated alkanes) is 37. The van der Waals surface area contributed by atoms with Crippen molar-refractivity contribution in [2.24, 2.45) is 0 Å². The molecular weight excluding hydrogens is 1410 g/mol. The maximum absolute atomic E-state index is 13.0. The maximum atomic E-state index is 13.0. The van der Waals surface area contributed by atoms with Crippen LogP contribution >= 0.6 is 15.6 Å². The topological polar surface area (TPSA) is 231 Å². The zero-order valence-electron chi connectivity index (χ0n) is 68.9. The second-order valence-electron chi connectivity index (χ2n) is 29.0. The van der Waals surface area contributed by atoms with Crippen LogP contribution in [0.4, 0.5) is 0 Å². The molecule has 0 aliphatic heterocycles. The molecule has 0 aliphatic rings. The van der Waals surface area contributed by atoms with Crippen molar-refractivity contribution in [3.63, 3.8) is 0 Å². The van der Waals surface area contributed by atoms with Gasteiger partial charge in [0, 0.05) is 19.3 Å². The molecule has 0 fully saturated rings. The Balaban J connectivity index is 4.49. The lowest BCUT2D eigenvalue weighted by Crippen LogP contribution is -2.30. The maximum Gasteiger partial charge on any atom is 0.472 e. The van der Waals surface area contributed by atoms with E-state index in [9.17, 15) is 43.5 Å². The summed E-state index contributed by atoms with van der Waals surface area (Å²) in [6, 6.07) is 0. The van der Waals surface area contributed by atoms with Crippen molar-refractivity contribution in [3.8, 4) is 0 Å². The molecule has 0 spiro atoms. The zero-order valence-corrected chi connectivity index (χ0v) is 70.7. The molecule has 4 N–H and O–H groups in total. The number of carbonyl (C=O) groups excluding carboxylic acids is 3. The number of hydrogen-bond donors (Lipinski definition) is 4. The highest BCUT2D eigenvalue weighted by Crippen LogP contribution is 2.45. The van der Waals surface area contributed by atoms with Crippen molar-refractivity contribution in [2.75, 3.05) is 39.6 Å². The first-order valence-corrected chi connectivity index (χ1v) is 46.5. The molecule has 5 unspecified atom stereocenters. The van der Waals surface area contributed by atoms with Gasteiger partial charge in [0.2, 0.25) is 0 Å². The van der Waals surface area contributed by atoms with Gasteiger partial charge in [0.1, 0.15) is 25.4 Å². The van der Waals surface area contributed by atoms with Gasteiger partial charge < -0.3 is 34.2 Å². The van der Waals surface area contributed by atoms with Gasteiger partial charge in [-0.2, -0.15) is 0 Å². The summed E-state index contributed by atoms with van der Waals surface area (Å²) < 4.78 is 61.3. The molecule has 5 atom stereocenters. The first-order valence-electron chi connectivity index (χ1n) is 43.5. The van der Waals surface area contributed by atoms with Crippen molar-refractivity contribution in [2.45, 2.75) is 386 Å². The summed E-state index contributed by atoms with van der Waals surface area (Å²) in [6.07, 6.45) is 102. The van der Waals surface area contributed by atoms with Gasteiger partial charge in [-0.3, -0.25) is 32.5 Å². The highest BCUT2D eigenvalue weighted by molar-refractivity contribution is 7.47. The summed E-state index contributed by atoms with van der Waals surface area (Å²) in [5.74, 6) is -1.59. The molecular formula is C91H158O16P2. The summed E-state index contributed by atoms with van der Waals surface area (Å²) in [5, 5.41) is 20.7. The number of aliphatic hydroxyl groups is 2. The standard InChI is InChI=1S/C91H158O16P2/c1-4-7-10-13-16-19-22-25-28-30-32-34-36-38-40-41-42-43-45-47-48-50-52-54-57-59-62-65-68-71-74-77-89(94)101-80-86(92)81-103-108(97,98)104-82-87(93)83-105-109(99,100)106-85-88(107-91(96)79-76-73-70-67-64-61-56-27-24-21-18-15-12-9-6-3)84-102-90(95)78-75-72-69-66-63-60-58-55-53-51-49-46-44-39-37-35-33-31-29-26-23-20-17-14-11-8-5-2/h8,11,16-21,25-29,32-35,38-40,44,56,86-88,92-93H,4-7,9-10,12-15,22-24,30-31,36-37,41-43,45-55,57-85H2,1-3H3,(H,97,98)(H,99,100)/b11-8-,19-16-,20-17-,21-18-,28-25-,29-26-,34-32-,35-33-,40-38-,44-39-,56-27-. The molecule has 628 valence electrons. The zero-order chi connectivity index (χ0) is 79.4. The van der Waals surface area contributed by atoms with E-state index in [2.05, 4.69) is 154 Å². The van der Waals surface area contributed by atoms with Crippen LogP contribution in [0.2, 0.25) is 0 Å². The van der Waals surface area contributed by atoms with Crippen LogP contribution in [0.25, 0.3) is 0 Å². The monoisotopic (exact) mass is 1570 g/mol. The molecule has 0 aromatic heterocycles. The lowest BCUT2D eigenvalue weighted by molar-refractivity contribution is -0.161. The molecule has 0 aromatic rings. The number of esters is 3. The molecule has 0 aromatic carbocycles. The van der Waals surface area contributed by atoms with Crippen LogP contribution < -0.4 is 0 Å². The number of phosphoric acid groups is 2. The number of allylic oxidation sites excluding steroid dienone is 22. The van der Waals surface area contributed by atoms with Gasteiger partial charge in [0.05, 0.1) is 26.4 Å². The fraction of sp³-hybridized carbons (Fsp3) is 0.725. The van der Waals surface area contributed by atoms with Crippen LogP contribution in [0, 0.1) is 0 Å². The van der Waals surface area contributed by atoms with Crippen molar-refractivity contribution >= 4 is 33.6 Å². The summed E-state index contributed by atoms with van der Waals surface area (Å²) in [6.45, 7) is 2.53. The van der Waals surface area contributed by atoms with E-state index < -0.39 is 91.5 Å². The number of ether oxygens (including phenoxy) is 3. The molecule has 0 radical (unpaired) electrons. The summed E-state index contributed by atoms with van der Waals surface area (Å²) in [7, 11) is -9.80. The molecule has 0 rings (SSSR count). The highest BCUT2D eigenvalue weighted by atomic mass is 31.2. The summed E-state index contributed by atoms with van der Waals surface area (Å²) >= 11 is 0. The van der Waals surface area contributed by atoms with E-state index >= 15 is 0 Å². The Hall–Kier alpha value is -4.31. The fourth-order valence-electron chi connectivity index (χ4n) is 11.7. The molecule has 0 heterocycles. The number of carbonyl (C=O) groups is 3. The van der Waals surface area contributed by atoms with Crippen molar-refractivity contribution in [1.29, 1.82) is 0 Å². The third-order valence-electron chi connectivity index (χ3n) is 18.3. The lowest BCUT2D eigenvalue weighted by Gasteiger charge is -2.21. The predicted molar refractivity (Wildman–Crippen MR) is 454 cm³/mol. The van der Waals surface area contributed by atoms with Crippen LogP contribution in [0.5, 0.6) is 0 Å². The molecule has 109 heavy (non-hydrogen) atoms. The SMILES string of the molecule is CC/C=C\C/C=C\C/C=C\C/C=C\C/C=C\CCCCCCCCCCCCCC(=O)OCC(COP(=O)(O)OCC(O)COP(=O)(O)OCC(O)COC(=O)CCCCCCCCCCCCCCCCC/C=C\C/C=C\C/C=C\C/C=C\CCCCC)OC(=O)CCCCCCC/C=C\C/C=C\CCCCC. The first-order chi connectivity index (χ1) is 53.2. The Labute approximate surface area is 665 Å². The predicted octanol–water partition coefficient (Wildman–Crippen LogP) is 26.2. The van der Waals surface area contributed by atoms with Gasteiger partial charge in [-0.15, -0.1) is 0 Å². The molecule has 0 bridgehead atoms. The van der Waals surface area contributed by atoms with Crippen molar-refractivity contribution in [1.82, 2.24) is 0 Å². The Bertz CT molecular complexity index is 2510. The van der Waals surface area contributed by atoms with Crippen molar-refractivity contribution < 1.29 is 75.8 Å². The Morgan fingerprint density at radius 3 is 0.771 bits per heavy atom. The van der Waals surface area contributed by atoms with Gasteiger partial charge in [-0.05, 0) is 141 Å². The number of aliphatic hydroxyl groups excluding tert-OH is 2. The van der Waals surface area contributed by atoms with E-state index in [1.54, 1.807) is 0 Å². The van der Waals surface area contributed by atoms with Crippen LogP contribution in [0.3, 0.4) is 0 Å². The first kappa shape index (κ1) is 105. The average molecular weight is 1570 g/mol. The van der Waals surface area contributed by atoms with Crippen LogP contribution in [0.15, 0.2) is 134 Å². The molecule has 0 saturated heterocycles. The lowest BCUT2D eigenvalue weighted by atomic mass is 10.0. The van der Waals surface area contributed by atoms with E-state index in [0.29, 0.717) is 19.3 Å². The number of phosphoric ester groups is 2. The quantitative estimate of drug-likeness (QED) is 0.0146. The smallest absolute Gasteiger partial charge is 0.463 e.